The Kier molecular flexibility index (Phi) is 4.57. The molecule has 1 aromatic heterocycles. The first-order valence-corrected chi connectivity index (χ1v) is 7.17. The molecule has 0 aliphatic heterocycles. The van der Waals surface area contributed by atoms with Crippen molar-refractivity contribution in [2.45, 2.75) is 31.6 Å². The molecule has 0 radical (unpaired) electrons. The monoisotopic (exact) mass is 265 g/mol. The molecule has 0 N–H and O–H groups in total. The maximum Gasteiger partial charge on any atom is 0.0897 e. The Morgan fingerprint density at radius 1 is 1.29 bits per heavy atom. The number of halogens is 1. The summed E-state index contributed by atoms with van der Waals surface area (Å²) in [5, 5.41) is 3.41. The van der Waals surface area contributed by atoms with Gasteiger partial charge in [-0.15, -0.1) is 22.9 Å². The average molecular weight is 266 g/mol. The van der Waals surface area contributed by atoms with E-state index >= 15 is 0 Å². The lowest BCUT2D eigenvalue weighted by molar-refractivity contribution is 0.708. The Labute approximate surface area is 111 Å². The van der Waals surface area contributed by atoms with Gasteiger partial charge < -0.3 is 0 Å². The van der Waals surface area contributed by atoms with Crippen molar-refractivity contribution in [3.63, 3.8) is 0 Å². The third kappa shape index (κ3) is 3.83. The van der Waals surface area contributed by atoms with E-state index in [1.54, 1.807) is 11.3 Å². The van der Waals surface area contributed by atoms with Gasteiger partial charge in [0.2, 0.25) is 0 Å². The van der Waals surface area contributed by atoms with Gasteiger partial charge in [-0.25, -0.2) is 4.98 Å². The van der Waals surface area contributed by atoms with Crippen molar-refractivity contribution < 1.29 is 0 Å². The summed E-state index contributed by atoms with van der Waals surface area (Å²) in [4.78, 5) is 4.46. The number of rotatable bonds is 5. The maximum atomic E-state index is 6.36. The summed E-state index contributed by atoms with van der Waals surface area (Å²) in [6.07, 6.45) is 3.12. The molecular weight excluding hydrogens is 250 g/mol. The molecule has 17 heavy (non-hydrogen) atoms. The standard InChI is InChI=1S/C14H16ClNS/c1-11-16-13(10-17-11)8-5-9-14(15)12-6-3-2-4-7-12/h2-4,6-7,10,14H,5,8-9H2,1H3. The summed E-state index contributed by atoms with van der Waals surface area (Å²) >= 11 is 8.08. The average Bonchev–Trinajstić information content (AvgIpc) is 2.76. The molecule has 2 rings (SSSR count). The number of aromatic nitrogens is 1. The van der Waals surface area contributed by atoms with Gasteiger partial charge in [-0.1, -0.05) is 30.3 Å². The van der Waals surface area contributed by atoms with E-state index in [2.05, 4.69) is 22.5 Å². The van der Waals surface area contributed by atoms with Crippen LogP contribution in [0.4, 0.5) is 0 Å². The molecule has 0 saturated heterocycles. The molecule has 1 atom stereocenters. The fourth-order valence-corrected chi connectivity index (χ4v) is 2.76. The highest BCUT2D eigenvalue weighted by atomic mass is 35.5. The predicted molar refractivity (Wildman–Crippen MR) is 74.8 cm³/mol. The van der Waals surface area contributed by atoms with E-state index in [4.69, 9.17) is 11.6 Å². The van der Waals surface area contributed by atoms with Gasteiger partial charge in [0.25, 0.3) is 0 Å². The lowest BCUT2D eigenvalue weighted by Crippen LogP contribution is -1.93. The van der Waals surface area contributed by atoms with Crippen molar-refractivity contribution in [2.24, 2.45) is 0 Å². The first kappa shape index (κ1) is 12.6. The SMILES string of the molecule is Cc1nc(CCCC(Cl)c2ccccc2)cs1. The van der Waals surface area contributed by atoms with E-state index in [-0.39, 0.29) is 5.38 Å². The lowest BCUT2D eigenvalue weighted by atomic mass is 10.1. The minimum atomic E-state index is 0.121. The van der Waals surface area contributed by atoms with Gasteiger partial charge in [0.15, 0.2) is 0 Å². The van der Waals surface area contributed by atoms with E-state index in [0.29, 0.717) is 0 Å². The van der Waals surface area contributed by atoms with Gasteiger partial charge in [-0.3, -0.25) is 0 Å². The van der Waals surface area contributed by atoms with Crippen LogP contribution in [0.2, 0.25) is 0 Å². The van der Waals surface area contributed by atoms with E-state index in [9.17, 15) is 0 Å². The van der Waals surface area contributed by atoms with Crippen molar-refractivity contribution in [2.75, 3.05) is 0 Å². The number of benzene rings is 1. The van der Waals surface area contributed by atoms with Gasteiger partial charge in [0.1, 0.15) is 0 Å². The van der Waals surface area contributed by atoms with Gasteiger partial charge in [0.05, 0.1) is 16.1 Å². The Hall–Kier alpha value is -0.860. The number of thiazole rings is 1. The number of aryl methyl sites for hydroxylation is 2. The molecule has 3 heteroatoms. The smallest absolute Gasteiger partial charge is 0.0897 e. The number of nitrogens with zero attached hydrogens (tertiary/aromatic N) is 1. The van der Waals surface area contributed by atoms with Crippen LogP contribution in [0.25, 0.3) is 0 Å². The van der Waals surface area contributed by atoms with Crippen LogP contribution in [0, 0.1) is 6.92 Å². The third-order valence-electron chi connectivity index (χ3n) is 2.72. The number of hydrogen-bond acceptors (Lipinski definition) is 2. The Balaban J connectivity index is 1.79. The zero-order valence-electron chi connectivity index (χ0n) is 9.90. The van der Waals surface area contributed by atoms with E-state index < -0.39 is 0 Å². The third-order valence-corrected chi connectivity index (χ3v) is 4.01. The van der Waals surface area contributed by atoms with Gasteiger partial charge in [0, 0.05) is 5.38 Å². The van der Waals surface area contributed by atoms with Crippen LogP contribution >= 0.6 is 22.9 Å². The lowest BCUT2D eigenvalue weighted by Gasteiger charge is -2.08. The molecule has 90 valence electrons. The van der Waals surface area contributed by atoms with Crippen molar-refractivity contribution in [3.8, 4) is 0 Å². The molecule has 1 nitrogen and oxygen atoms in total. The molecule has 2 aromatic rings. The summed E-state index contributed by atoms with van der Waals surface area (Å²) < 4.78 is 0. The highest BCUT2D eigenvalue weighted by Crippen LogP contribution is 2.26. The second kappa shape index (κ2) is 6.18. The second-order valence-corrected chi connectivity index (χ2v) is 5.72. The van der Waals surface area contributed by atoms with Crippen LogP contribution < -0.4 is 0 Å². The van der Waals surface area contributed by atoms with Crippen molar-refractivity contribution in [1.29, 1.82) is 0 Å². The topological polar surface area (TPSA) is 12.9 Å². The zero-order valence-corrected chi connectivity index (χ0v) is 11.5. The van der Waals surface area contributed by atoms with E-state index in [0.717, 1.165) is 24.3 Å². The van der Waals surface area contributed by atoms with Gasteiger partial charge in [-0.05, 0) is 31.7 Å². The summed E-state index contributed by atoms with van der Waals surface area (Å²) in [7, 11) is 0. The zero-order chi connectivity index (χ0) is 12.1. The Bertz CT molecular complexity index is 452. The normalized spacial score (nSPS) is 12.6. The second-order valence-electron chi connectivity index (χ2n) is 4.13. The number of alkyl halides is 1. The summed E-state index contributed by atoms with van der Waals surface area (Å²) in [6, 6.07) is 10.3. The summed E-state index contributed by atoms with van der Waals surface area (Å²) in [6.45, 7) is 2.04. The molecule has 0 bridgehead atoms. The van der Waals surface area contributed by atoms with Crippen LogP contribution in [-0.2, 0) is 6.42 Å². The molecule has 0 aliphatic rings. The molecule has 1 aromatic carbocycles. The van der Waals surface area contributed by atoms with Crippen molar-refractivity contribution >= 4 is 22.9 Å². The van der Waals surface area contributed by atoms with Crippen molar-refractivity contribution in [3.05, 3.63) is 52.0 Å². The Morgan fingerprint density at radius 3 is 2.71 bits per heavy atom. The quantitative estimate of drug-likeness (QED) is 0.711. The van der Waals surface area contributed by atoms with Gasteiger partial charge in [-0.2, -0.15) is 0 Å². The fourth-order valence-electron chi connectivity index (χ4n) is 1.81. The van der Waals surface area contributed by atoms with Crippen LogP contribution in [0.3, 0.4) is 0 Å². The van der Waals surface area contributed by atoms with Crippen LogP contribution in [-0.4, -0.2) is 4.98 Å². The molecule has 0 amide bonds. The maximum absolute atomic E-state index is 6.36. The molecule has 0 saturated carbocycles. The first-order chi connectivity index (χ1) is 8.25. The summed E-state index contributed by atoms with van der Waals surface area (Å²) in [5.74, 6) is 0. The molecule has 0 spiro atoms. The fraction of sp³-hybridized carbons (Fsp3) is 0.357. The molecular formula is C14H16ClNS. The first-order valence-electron chi connectivity index (χ1n) is 5.86. The molecule has 0 aliphatic carbocycles. The van der Waals surface area contributed by atoms with E-state index in [1.165, 1.54) is 11.3 Å². The Morgan fingerprint density at radius 2 is 2.06 bits per heavy atom. The minimum absolute atomic E-state index is 0.121. The largest absolute Gasteiger partial charge is 0.247 e. The highest BCUT2D eigenvalue weighted by Gasteiger charge is 2.07. The van der Waals surface area contributed by atoms with E-state index in [1.807, 2.05) is 25.1 Å². The minimum Gasteiger partial charge on any atom is -0.247 e. The molecule has 1 heterocycles. The molecule has 1 unspecified atom stereocenters. The van der Waals surface area contributed by atoms with Crippen molar-refractivity contribution in [1.82, 2.24) is 4.98 Å². The van der Waals surface area contributed by atoms with Crippen LogP contribution in [0.5, 0.6) is 0 Å². The molecule has 0 fully saturated rings. The van der Waals surface area contributed by atoms with Crippen LogP contribution in [0.1, 0.15) is 34.5 Å². The van der Waals surface area contributed by atoms with Crippen LogP contribution in [0.15, 0.2) is 35.7 Å². The predicted octanol–water partition coefficient (Wildman–Crippen LogP) is 4.75. The highest BCUT2D eigenvalue weighted by molar-refractivity contribution is 7.09. The number of hydrogen-bond donors (Lipinski definition) is 0. The summed E-state index contributed by atoms with van der Waals surface area (Å²) in [5.41, 5.74) is 2.41. The van der Waals surface area contributed by atoms with Gasteiger partial charge >= 0.3 is 0 Å².